The Morgan fingerprint density at radius 2 is 2.29 bits per heavy atom. The molecule has 2 rings (SSSR count). The van der Waals surface area contributed by atoms with Gasteiger partial charge in [0.25, 0.3) is 0 Å². The van der Waals surface area contributed by atoms with Gasteiger partial charge >= 0.3 is 5.97 Å². The molecule has 1 aliphatic rings. The third-order valence-electron chi connectivity index (χ3n) is 3.42. The molecule has 7 heteroatoms. The minimum atomic E-state index is -0.840. The number of anilines is 1. The number of hydrogen-bond donors (Lipinski definition) is 1. The lowest BCUT2D eigenvalue weighted by Crippen LogP contribution is -2.44. The van der Waals surface area contributed by atoms with Gasteiger partial charge in [0.2, 0.25) is 5.88 Å². The van der Waals surface area contributed by atoms with Crippen LogP contribution in [0.5, 0.6) is 5.88 Å². The number of ether oxygens (including phenoxy) is 2. The number of carboxylic acids is 1. The van der Waals surface area contributed by atoms with Crippen molar-refractivity contribution in [1.29, 1.82) is 0 Å². The lowest BCUT2D eigenvalue weighted by atomic mass is 10.0. The van der Waals surface area contributed by atoms with E-state index in [1.807, 2.05) is 18.7 Å². The first-order chi connectivity index (χ1) is 10.2. The highest BCUT2D eigenvalue weighted by Crippen LogP contribution is 2.25. The molecule has 1 aromatic rings. The fourth-order valence-electron chi connectivity index (χ4n) is 2.47. The maximum Gasteiger partial charge on any atom is 0.311 e. The second-order valence-electron chi connectivity index (χ2n) is 4.89. The van der Waals surface area contributed by atoms with Crippen molar-refractivity contribution >= 4 is 11.8 Å². The van der Waals surface area contributed by atoms with Crippen LogP contribution in [0, 0.1) is 5.92 Å². The molecular formula is C14H21N3O4. The molecule has 7 nitrogen and oxygen atoms in total. The summed E-state index contributed by atoms with van der Waals surface area (Å²) in [5, 5.41) is 9.32. The standard InChI is InChI=1S/C14H21N3O4/c1-3-5-17(11-9-20-8-10(11)14(18)19)12-6-15-7-13(16-12)21-4-2/h6-7,10-11H,3-5,8-9H2,1-2H3,(H,18,19). The van der Waals surface area contributed by atoms with Crippen molar-refractivity contribution < 1.29 is 19.4 Å². The summed E-state index contributed by atoms with van der Waals surface area (Å²) in [5.41, 5.74) is 0. The average Bonchev–Trinajstić information content (AvgIpc) is 2.94. The summed E-state index contributed by atoms with van der Waals surface area (Å²) in [7, 11) is 0. The van der Waals surface area contributed by atoms with Crippen LogP contribution in [0.3, 0.4) is 0 Å². The van der Waals surface area contributed by atoms with E-state index in [0.29, 0.717) is 31.5 Å². The predicted octanol–water partition coefficient (Wildman–Crippen LogP) is 1.19. The molecule has 0 bridgehead atoms. The normalized spacial score (nSPS) is 21.2. The van der Waals surface area contributed by atoms with Crippen LogP contribution in [0.4, 0.5) is 5.82 Å². The van der Waals surface area contributed by atoms with Gasteiger partial charge in [0.1, 0.15) is 5.92 Å². The van der Waals surface area contributed by atoms with E-state index in [4.69, 9.17) is 9.47 Å². The Labute approximate surface area is 123 Å². The molecule has 1 saturated heterocycles. The van der Waals surface area contributed by atoms with Gasteiger partial charge in [-0.05, 0) is 13.3 Å². The Kier molecular flexibility index (Phi) is 5.32. The molecule has 0 spiro atoms. The Bertz CT molecular complexity index is 483. The second kappa shape index (κ2) is 7.21. The van der Waals surface area contributed by atoms with E-state index in [9.17, 15) is 9.90 Å². The number of carboxylic acid groups (broad SMARTS) is 1. The molecule has 0 aliphatic carbocycles. The van der Waals surface area contributed by atoms with Crippen molar-refractivity contribution in [2.45, 2.75) is 26.3 Å². The van der Waals surface area contributed by atoms with Gasteiger partial charge in [-0.25, -0.2) is 0 Å². The van der Waals surface area contributed by atoms with Crippen molar-refractivity contribution in [3.63, 3.8) is 0 Å². The topological polar surface area (TPSA) is 84.8 Å². The zero-order chi connectivity index (χ0) is 15.2. The Morgan fingerprint density at radius 1 is 1.48 bits per heavy atom. The van der Waals surface area contributed by atoms with Crippen LogP contribution in [-0.4, -0.2) is 53.5 Å². The van der Waals surface area contributed by atoms with E-state index in [1.54, 1.807) is 12.4 Å². The highest BCUT2D eigenvalue weighted by molar-refractivity contribution is 5.72. The maximum absolute atomic E-state index is 11.4. The van der Waals surface area contributed by atoms with Gasteiger partial charge in [-0.1, -0.05) is 6.92 Å². The van der Waals surface area contributed by atoms with E-state index >= 15 is 0 Å². The summed E-state index contributed by atoms with van der Waals surface area (Å²) < 4.78 is 10.7. The van der Waals surface area contributed by atoms with Crippen molar-refractivity contribution in [1.82, 2.24) is 9.97 Å². The number of hydrogen-bond acceptors (Lipinski definition) is 6. The lowest BCUT2D eigenvalue weighted by Gasteiger charge is -2.31. The molecule has 21 heavy (non-hydrogen) atoms. The van der Waals surface area contributed by atoms with Crippen molar-refractivity contribution in [3.05, 3.63) is 12.4 Å². The van der Waals surface area contributed by atoms with Gasteiger partial charge in [0, 0.05) is 6.54 Å². The van der Waals surface area contributed by atoms with Crippen molar-refractivity contribution in [2.24, 2.45) is 5.92 Å². The van der Waals surface area contributed by atoms with Gasteiger partial charge < -0.3 is 19.5 Å². The third-order valence-corrected chi connectivity index (χ3v) is 3.42. The van der Waals surface area contributed by atoms with E-state index in [1.165, 1.54) is 0 Å². The van der Waals surface area contributed by atoms with E-state index < -0.39 is 11.9 Å². The molecule has 0 aromatic carbocycles. The molecule has 1 aromatic heterocycles. The maximum atomic E-state index is 11.4. The van der Waals surface area contributed by atoms with Crippen LogP contribution < -0.4 is 9.64 Å². The van der Waals surface area contributed by atoms with Gasteiger partial charge in [0.05, 0.1) is 38.3 Å². The summed E-state index contributed by atoms with van der Waals surface area (Å²) in [6.45, 7) is 5.75. The zero-order valence-corrected chi connectivity index (χ0v) is 12.4. The van der Waals surface area contributed by atoms with Crippen LogP contribution in [-0.2, 0) is 9.53 Å². The Hall–Kier alpha value is -1.89. The minimum Gasteiger partial charge on any atom is -0.481 e. The molecule has 116 valence electrons. The van der Waals surface area contributed by atoms with Crippen LogP contribution in [0.2, 0.25) is 0 Å². The van der Waals surface area contributed by atoms with Crippen LogP contribution in [0.1, 0.15) is 20.3 Å². The van der Waals surface area contributed by atoms with Crippen LogP contribution >= 0.6 is 0 Å². The predicted molar refractivity (Wildman–Crippen MR) is 76.6 cm³/mol. The smallest absolute Gasteiger partial charge is 0.311 e. The number of carbonyl (C=O) groups is 1. The van der Waals surface area contributed by atoms with Crippen LogP contribution in [0.15, 0.2) is 12.4 Å². The Balaban J connectivity index is 2.25. The molecule has 2 atom stereocenters. The number of nitrogens with zero attached hydrogens (tertiary/aromatic N) is 3. The fourth-order valence-corrected chi connectivity index (χ4v) is 2.47. The molecular weight excluding hydrogens is 274 g/mol. The number of aromatic nitrogens is 2. The highest BCUT2D eigenvalue weighted by atomic mass is 16.5. The van der Waals surface area contributed by atoms with Gasteiger partial charge in [-0.3, -0.25) is 9.78 Å². The fraction of sp³-hybridized carbons (Fsp3) is 0.643. The summed E-state index contributed by atoms with van der Waals surface area (Å²) in [4.78, 5) is 21.9. The van der Waals surface area contributed by atoms with E-state index in [-0.39, 0.29) is 12.6 Å². The first kappa shape index (κ1) is 15.5. The molecule has 1 N–H and O–H groups in total. The molecule has 1 aliphatic heterocycles. The van der Waals surface area contributed by atoms with Gasteiger partial charge in [-0.2, -0.15) is 4.98 Å². The average molecular weight is 295 g/mol. The molecule has 0 saturated carbocycles. The third kappa shape index (κ3) is 3.60. The van der Waals surface area contributed by atoms with Crippen molar-refractivity contribution in [3.8, 4) is 5.88 Å². The zero-order valence-electron chi connectivity index (χ0n) is 12.4. The number of aliphatic carboxylic acids is 1. The van der Waals surface area contributed by atoms with Crippen molar-refractivity contribution in [2.75, 3.05) is 31.3 Å². The van der Waals surface area contributed by atoms with E-state index in [2.05, 4.69) is 9.97 Å². The largest absolute Gasteiger partial charge is 0.481 e. The summed E-state index contributed by atoms with van der Waals surface area (Å²) in [5.74, 6) is -0.312. The summed E-state index contributed by atoms with van der Waals surface area (Å²) >= 11 is 0. The highest BCUT2D eigenvalue weighted by Gasteiger charge is 2.38. The molecule has 1 fully saturated rings. The first-order valence-corrected chi connectivity index (χ1v) is 7.19. The Morgan fingerprint density at radius 3 is 2.95 bits per heavy atom. The minimum absolute atomic E-state index is 0.228. The lowest BCUT2D eigenvalue weighted by molar-refractivity contribution is -0.142. The summed E-state index contributed by atoms with van der Waals surface area (Å²) in [6.07, 6.45) is 4.07. The van der Waals surface area contributed by atoms with E-state index in [0.717, 1.165) is 6.42 Å². The molecule has 0 amide bonds. The van der Waals surface area contributed by atoms with Gasteiger partial charge in [-0.15, -0.1) is 0 Å². The molecule has 2 unspecified atom stereocenters. The molecule has 0 radical (unpaired) electrons. The molecule has 2 heterocycles. The monoisotopic (exact) mass is 295 g/mol. The van der Waals surface area contributed by atoms with Gasteiger partial charge in [0.15, 0.2) is 5.82 Å². The second-order valence-corrected chi connectivity index (χ2v) is 4.89. The first-order valence-electron chi connectivity index (χ1n) is 7.19. The SMILES string of the molecule is CCCN(c1cncc(OCC)n1)C1COCC1C(=O)O. The number of rotatable bonds is 7. The van der Waals surface area contributed by atoms with Crippen LogP contribution in [0.25, 0.3) is 0 Å². The quantitative estimate of drug-likeness (QED) is 0.808. The summed E-state index contributed by atoms with van der Waals surface area (Å²) in [6, 6.07) is -0.228.